The summed E-state index contributed by atoms with van der Waals surface area (Å²) in [5, 5.41) is 2.98. The Bertz CT molecular complexity index is 286. The summed E-state index contributed by atoms with van der Waals surface area (Å²) >= 11 is 0. The van der Waals surface area contributed by atoms with Gasteiger partial charge in [0.1, 0.15) is 0 Å². The van der Waals surface area contributed by atoms with E-state index >= 15 is 0 Å². The summed E-state index contributed by atoms with van der Waals surface area (Å²) < 4.78 is 0. The van der Waals surface area contributed by atoms with Gasteiger partial charge >= 0.3 is 6.03 Å². The van der Waals surface area contributed by atoms with Gasteiger partial charge in [0.2, 0.25) is 0 Å². The fourth-order valence-corrected chi connectivity index (χ4v) is 2.18. The topological polar surface area (TPSA) is 32.3 Å². The first-order valence-corrected chi connectivity index (χ1v) is 7.13. The summed E-state index contributed by atoms with van der Waals surface area (Å²) in [6, 6.07) is 0.511. The Balaban J connectivity index is 2.49. The monoisotopic (exact) mass is 254 g/mol. The largest absolute Gasteiger partial charge is 0.336 e. The van der Waals surface area contributed by atoms with E-state index in [4.69, 9.17) is 0 Å². The highest BCUT2D eigenvalue weighted by atomic mass is 16.2. The van der Waals surface area contributed by atoms with Gasteiger partial charge in [-0.15, -0.1) is 0 Å². The maximum Gasteiger partial charge on any atom is 0.317 e. The van der Waals surface area contributed by atoms with Crippen molar-refractivity contribution in [2.45, 2.75) is 66.8 Å². The maximum absolute atomic E-state index is 11.8. The first kappa shape index (κ1) is 15.3. The van der Waals surface area contributed by atoms with Crippen LogP contribution in [0, 0.1) is 10.8 Å². The highest BCUT2D eigenvalue weighted by Crippen LogP contribution is 2.26. The first-order chi connectivity index (χ1) is 8.08. The van der Waals surface area contributed by atoms with Crippen LogP contribution < -0.4 is 5.32 Å². The molecule has 0 aromatic carbocycles. The minimum atomic E-state index is 0.123. The van der Waals surface area contributed by atoms with Crippen LogP contribution in [0.3, 0.4) is 0 Å². The Labute approximate surface area is 112 Å². The predicted molar refractivity (Wildman–Crippen MR) is 76.7 cm³/mol. The lowest BCUT2D eigenvalue weighted by atomic mass is 9.88. The van der Waals surface area contributed by atoms with E-state index in [-0.39, 0.29) is 11.4 Å². The van der Waals surface area contributed by atoms with Gasteiger partial charge in [-0.05, 0) is 30.1 Å². The fraction of sp³-hybridized carbons (Fsp3) is 0.933. The Hall–Kier alpha value is -0.730. The smallest absolute Gasteiger partial charge is 0.317 e. The van der Waals surface area contributed by atoms with E-state index in [1.807, 2.05) is 4.90 Å². The number of carbonyl (C=O) groups excluding carboxylic acids is 1. The second-order valence-corrected chi connectivity index (χ2v) is 7.94. The second kappa shape index (κ2) is 5.50. The average molecular weight is 254 g/mol. The zero-order valence-electron chi connectivity index (χ0n) is 13.0. The molecule has 0 aliphatic carbocycles. The zero-order valence-corrected chi connectivity index (χ0v) is 13.0. The Kier molecular flexibility index (Phi) is 4.68. The van der Waals surface area contributed by atoms with Gasteiger partial charge in [0.15, 0.2) is 0 Å². The van der Waals surface area contributed by atoms with Crippen LogP contribution in [0.2, 0.25) is 0 Å². The molecule has 0 saturated carbocycles. The molecule has 0 aromatic rings. The first-order valence-electron chi connectivity index (χ1n) is 7.13. The van der Waals surface area contributed by atoms with E-state index in [9.17, 15) is 4.79 Å². The van der Waals surface area contributed by atoms with E-state index in [1.165, 1.54) is 6.42 Å². The Morgan fingerprint density at radius 3 is 2.17 bits per heavy atom. The van der Waals surface area contributed by atoms with Gasteiger partial charge in [0.05, 0.1) is 6.04 Å². The lowest BCUT2D eigenvalue weighted by Gasteiger charge is -2.29. The number of nitrogens with one attached hydrogen (secondary N) is 1. The minimum absolute atomic E-state index is 0.123. The molecule has 1 fully saturated rings. The predicted octanol–water partition coefficient (Wildman–Crippen LogP) is 3.64. The van der Waals surface area contributed by atoms with Crippen molar-refractivity contribution in [3.8, 4) is 0 Å². The summed E-state index contributed by atoms with van der Waals surface area (Å²) in [7, 11) is 0. The normalized spacial score (nSPS) is 21.3. The molecule has 1 heterocycles. The van der Waals surface area contributed by atoms with Crippen molar-refractivity contribution in [3.05, 3.63) is 0 Å². The van der Waals surface area contributed by atoms with Gasteiger partial charge in [-0.2, -0.15) is 0 Å². The van der Waals surface area contributed by atoms with Crippen LogP contribution in [0.15, 0.2) is 0 Å². The lowest BCUT2D eigenvalue weighted by molar-refractivity contribution is 0.183. The van der Waals surface area contributed by atoms with Gasteiger partial charge in [0, 0.05) is 13.1 Å². The number of rotatable bonds is 4. The molecule has 1 N–H and O–H groups in total. The van der Waals surface area contributed by atoms with Crippen molar-refractivity contribution in [1.82, 2.24) is 10.2 Å². The molecule has 1 aliphatic heterocycles. The van der Waals surface area contributed by atoms with Crippen LogP contribution in [0.4, 0.5) is 4.79 Å². The van der Waals surface area contributed by atoms with E-state index < -0.39 is 0 Å². The van der Waals surface area contributed by atoms with Crippen molar-refractivity contribution < 1.29 is 4.79 Å². The molecule has 1 atom stereocenters. The third kappa shape index (κ3) is 5.28. The third-order valence-electron chi connectivity index (χ3n) is 3.52. The van der Waals surface area contributed by atoms with Crippen molar-refractivity contribution in [2.75, 3.05) is 13.1 Å². The highest BCUT2D eigenvalue weighted by Gasteiger charge is 2.31. The number of urea groups is 1. The van der Waals surface area contributed by atoms with Gasteiger partial charge in [-0.25, -0.2) is 4.79 Å². The van der Waals surface area contributed by atoms with Crippen LogP contribution in [-0.4, -0.2) is 30.1 Å². The fourth-order valence-electron chi connectivity index (χ4n) is 2.18. The van der Waals surface area contributed by atoms with Crippen molar-refractivity contribution in [2.24, 2.45) is 10.8 Å². The van der Waals surface area contributed by atoms with E-state index in [0.717, 1.165) is 25.9 Å². The molecule has 3 nitrogen and oxygen atoms in total. The Morgan fingerprint density at radius 1 is 1.11 bits per heavy atom. The molecular formula is C15H30N2O. The molecule has 0 spiro atoms. The van der Waals surface area contributed by atoms with Crippen molar-refractivity contribution in [1.29, 1.82) is 0 Å². The SMILES string of the molecule is CC(C)(C)CCC1CNC(=O)N1CCC(C)(C)C. The summed E-state index contributed by atoms with van der Waals surface area (Å²) in [6.45, 7) is 15.2. The molecular weight excluding hydrogens is 224 g/mol. The summed E-state index contributed by atoms with van der Waals surface area (Å²) in [5.41, 5.74) is 0.638. The molecule has 1 rings (SSSR count). The molecule has 1 aliphatic rings. The zero-order chi connectivity index (χ0) is 14.0. The average Bonchev–Trinajstić information content (AvgIpc) is 2.51. The number of hydrogen-bond acceptors (Lipinski definition) is 1. The number of hydrogen-bond donors (Lipinski definition) is 1. The summed E-state index contributed by atoms with van der Waals surface area (Å²) in [5.74, 6) is 0. The van der Waals surface area contributed by atoms with Gasteiger partial charge in [-0.1, -0.05) is 41.5 Å². The van der Waals surface area contributed by atoms with Gasteiger partial charge in [0.25, 0.3) is 0 Å². The van der Waals surface area contributed by atoms with Crippen molar-refractivity contribution >= 4 is 6.03 Å². The lowest BCUT2D eigenvalue weighted by Crippen LogP contribution is -2.37. The highest BCUT2D eigenvalue weighted by molar-refractivity contribution is 5.76. The van der Waals surface area contributed by atoms with Crippen LogP contribution in [-0.2, 0) is 0 Å². The molecule has 0 radical (unpaired) electrons. The van der Waals surface area contributed by atoms with Gasteiger partial charge in [-0.3, -0.25) is 0 Å². The van der Waals surface area contributed by atoms with Crippen LogP contribution in [0.5, 0.6) is 0 Å². The molecule has 106 valence electrons. The van der Waals surface area contributed by atoms with Crippen LogP contribution in [0.1, 0.15) is 60.8 Å². The maximum atomic E-state index is 11.8. The standard InChI is InChI=1S/C15H30N2O/c1-14(2,3)8-7-12-11-16-13(18)17(12)10-9-15(4,5)6/h12H,7-11H2,1-6H3,(H,16,18). The molecule has 0 bridgehead atoms. The van der Waals surface area contributed by atoms with Crippen molar-refractivity contribution in [3.63, 3.8) is 0 Å². The molecule has 0 aromatic heterocycles. The molecule has 1 saturated heterocycles. The second-order valence-electron chi connectivity index (χ2n) is 7.94. The quantitative estimate of drug-likeness (QED) is 0.816. The van der Waals surface area contributed by atoms with Gasteiger partial charge < -0.3 is 10.2 Å². The Morgan fingerprint density at radius 2 is 1.67 bits per heavy atom. The van der Waals surface area contributed by atoms with E-state index in [0.29, 0.717) is 11.5 Å². The van der Waals surface area contributed by atoms with E-state index in [1.54, 1.807) is 0 Å². The van der Waals surface area contributed by atoms with E-state index in [2.05, 4.69) is 46.9 Å². The van der Waals surface area contributed by atoms with Crippen LogP contribution >= 0.6 is 0 Å². The van der Waals surface area contributed by atoms with Crippen LogP contribution in [0.25, 0.3) is 0 Å². The summed E-state index contributed by atoms with van der Waals surface area (Å²) in [4.78, 5) is 13.9. The molecule has 3 heteroatoms. The summed E-state index contributed by atoms with van der Waals surface area (Å²) in [6.07, 6.45) is 3.33. The third-order valence-corrected chi connectivity index (χ3v) is 3.52. The minimum Gasteiger partial charge on any atom is -0.336 e. The molecule has 2 amide bonds. The molecule has 1 unspecified atom stereocenters. The number of amides is 2. The molecule has 18 heavy (non-hydrogen) atoms. The number of nitrogens with zero attached hydrogens (tertiary/aromatic N) is 1. The number of carbonyl (C=O) groups is 1.